The monoisotopic (exact) mass is 353 g/mol. The van der Waals surface area contributed by atoms with Gasteiger partial charge in [0.2, 0.25) is 5.91 Å². The van der Waals surface area contributed by atoms with Crippen molar-refractivity contribution in [2.45, 2.75) is 52.0 Å². The molecule has 0 bridgehead atoms. The minimum atomic E-state index is 0. The van der Waals surface area contributed by atoms with E-state index in [1.54, 1.807) is 0 Å². The van der Waals surface area contributed by atoms with Crippen LogP contribution in [0.4, 0.5) is 0 Å². The molecule has 0 saturated carbocycles. The Labute approximate surface area is 148 Å². The predicted molar refractivity (Wildman–Crippen MR) is 96.9 cm³/mol. The number of carbonyl (C=O) groups excluding carboxylic acids is 1. The molecule has 2 N–H and O–H groups in total. The van der Waals surface area contributed by atoms with Crippen molar-refractivity contribution in [2.24, 2.45) is 17.6 Å². The van der Waals surface area contributed by atoms with Crippen LogP contribution < -0.4 is 5.73 Å². The van der Waals surface area contributed by atoms with E-state index >= 15 is 0 Å². The van der Waals surface area contributed by atoms with Gasteiger partial charge >= 0.3 is 0 Å². The van der Waals surface area contributed by atoms with E-state index in [1.807, 2.05) is 0 Å². The molecule has 0 aromatic heterocycles. The topological polar surface area (TPSA) is 49.6 Å². The number of hydrogen-bond acceptors (Lipinski definition) is 3. The summed E-state index contributed by atoms with van der Waals surface area (Å²) in [7, 11) is 0. The molecule has 1 atom stereocenters. The molecule has 2 rings (SSSR count). The van der Waals surface area contributed by atoms with Gasteiger partial charge in [-0.3, -0.25) is 9.69 Å². The molecule has 0 spiro atoms. The second-order valence-corrected chi connectivity index (χ2v) is 6.79. The first-order valence-corrected chi connectivity index (χ1v) is 8.36. The standard InChI is InChI=1S/C16H31N3O.2ClH/c1-13(2)15(18-8-4-3-5-9-18)16(20)19-10-6-14(12-17)7-11-19;;/h13-15H,3-12,17H2,1-2H3;2*1H. The molecule has 1 amide bonds. The van der Waals surface area contributed by atoms with Crippen molar-refractivity contribution in [1.82, 2.24) is 9.80 Å². The van der Waals surface area contributed by atoms with Gasteiger partial charge in [0, 0.05) is 13.1 Å². The fourth-order valence-corrected chi connectivity index (χ4v) is 3.64. The van der Waals surface area contributed by atoms with E-state index < -0.39 is 0 Å². The molecule has 4 nitrogen and oxygen atoms in total. The van der Waals surface area contributed by atoms with Crippen LogP contribution in [0.25, 0.3) is 0 Å². The van der Waals surface area contributed by atoms with E-state index in [0.29, 0.717) is 17.7 Å². The highest BCUT2D eigenvalue weighted by molar-refractivity contribution is 5.85. The van der Waals surface area contributed by atoms with Crippen LogP contribution in [0.1, 0.15) is 46.0 Å². The average Bonchev–Trinajstić information content (AvgIpc) is 2.48. The molecule has 0 aromatic rings. The zero-order valence-electron chi connectivity index (χ0n) is 14.0. The number of likely N-dealkylation sites (tertiary alicyclic amines) is 2. The van der Waals surface area contributed by atoms with Gasteiger partial charge in [-0.25, -0.2) is 0 Å². The molecule has 132 valence electrons. The molecular weight excluding hydrogens is 321 g/mol. The van der Waals surface area contributed by atoms with E-state index in [4.69, 9.17) is 5.73 Å². The molecule has 2 heterocycles. The lowest BCUT2D eigenvalue weighted by Crippen LogP contribution is -2.54. The maximum absolute atomic E-state index is 12.9. The third-order valence-corrected chi connectivity index (χ3v) is 4.93. The SMILES string of the molecule is CC(C)C(C(=O)N1CCC(CN)CC1)N1CCCCC1.Cl.Cl. The summed E-state index contributed by atoms with van der Waals surface area (Å²) >= 11 is 0. The Kier molecular flexibility index (Phi) is 10.7. The molecule has 2 fully saturated rings. The zero-order valence-corrected chi connectivity index (χ0v) is 15.6. The highest BCUT2D eigenvalue weighted by Gasteiger charge is 2.34. The summed E-state index contributed by atoms with van der Waals surface area (Å²) in [6.07, 6.45) is 5.95. The summed E-state index contributed by atoms with van der Waals surface area (Å²) in [5.74, 6) is 1.37. The van der Waals surface area contributed by atoms with Crippen LogP contribution in [0.15, 0.2) is 0 Å². The fourth-order valence-electron chi connectivity index (χ4n) is 3.64. The fraction of sp³-hybridized carbons (Fsp3) is 0.938. The van der Waals surface area contributed by atoms with Crippen LogP contribution in [0.3, 0.4) is 0 Å². The Morgan fingerprint density at radius 2 is 1.59 bits per heavy atom. The Hall–Kier alpha value is -0.0300. The number of nitrogens with two attached hydrogens (primary N) is 1. The van der Waals surface area contributed by atoms with Crippen LogP contribution in [-0.4, -0.2) is 54.5 Å². The zero-order chi connectivity index (χ0) is 14.5. The summed E-state index contributed by atoms with van der Waals surface area (Å²) < 4.78 is 0. The van der Waals surface area contributed by atoms with E-state index in [0.717, 1.165) is 45.6 Å². The van der Waals surface area contributed by atoms with Gasteiger partial charge in [-0.05, 0) is 57.2 Å². The molecule has 6 heteroatoms. The number of halogens is 2. The van der Waals surface area contributed by atoms with Crippen molar-refractivity contribution < 1.29 is 4.79 Å². The number of hydrogen-bond donors (Lipinski definition) is 1. The van der Waals surface area contributed by atoms with Gasteiger partial charge in [-0.1, -0.05) is 20.3 Å². The largest absolute Gasteiger partial charge is 0.341 e. The molecule has 2 saturated heterocycles. The van der Waals surface area contributed by atoms with Crippen molar-refractivity contribution in [1.29, 1.82) is 0 Å². The molecule has 0 aliphatic carbocycles. The normalized spacial score (nSPS) is 21.9. The van der Waals surface area contributed by atoms with E-state index in [9.17, 15) is 4.79 Å². The summed E-state index contributed by atoms with van der Waals surface area (Å²) in [4.78, 5) is 17.4. The molecule has 0 radical (unpaired) electrons. The number of nitrogens with zero attached hydrogens (tertiary/aromatic N) is 2. The average molecular weight is 354 g/mol. The van der Waals surface area contributed by atoms with Gasteiger partial charge in [0.25, 0.3) is 0 Å². The third-order valence-electron chi connectivity index (χ3n) is 4.93. The minimum absolute atomic E-state index is 0. The lowest BCUT2D eigenvalue weighted by atomic mass is 9.94. The Morgan fingerprint density at radius 3 is 2.05 bits per heavy atom. The van der Waals surface area contributed by atoms with E-state index in [2.05, 4.69) is 23.6 Å². The Bertz CT molecular complexity index is 315. The third kappa shape index (κ3) is 5.55. The number of piperidine rings is 2. The van der Waals surface area contributed by atoms with E-state index in [-0.39, 0.29) is 30.9 Å². The lowest BCUT2D eigenvalue weighted by Gasteiger charge is -2.40. The highest BCUT2D eigenvalue weighted by Crippen LogP contribution is 2.22. The molecular formula is C16H33Cl2N3O. The first kappa shape index (κ1) is 22.0. The predicted octanol–water partition coefficient (Wildman–Crippen LogP) is 2.54. The van der Waals surface area contributed by atoms with Crippen molar-refractivity contribution in [2.75, 3.05) is 32.7 Å². The van der Waals surface area contributed by atoms with Gasteiger partial charge in [-0.2, -0.15) is 0 Å². The summed E-state index contributed by atoms with van der Waals surface area (Å²) in [6.45, 7) is 9.12. The number of rotatable bonds is 4. The lowest BCUT2D eigenvalue weighted by molar-refractivity contribution is -0.140. The molecule has 2 aliphatic rings. The minimum Gasteiger partial charge on any atom is -0.341 e. The second-order valence-electron chi connectivity index (χ2n) is 6.79. The summed E-state index contributed by atoms with van der Waals surface area (Å²) in [6, 6.07) is 0.0877. The first-order chi connectivity index (χ1) is 9.63. The second kappa shape index (κ2) is 10.7. The van der Waals surface area contributed by atoms with Crippen molar-refractivity contribution in [3.05, 3.63) is 0 Å². The van der Waals surface area contributed by atoms with Crippen LogP contribution >= 0.6 is 24.8 Å². The summed E-state index contributed by atoms with van der Waals surface area (Å²) in [5, 5.41) is 0. The highest BCUT2D eigenvalue weighted by atomic mass is 35.5. The molecule has 0 aromatic carbocycles. The van der Waals surface area contributed by atoms with Crippen molar-refractivity contribution >= 4 is 30.7 Å². The van der Waals surface area contributed by atoms with Crippen LogP contribution in [0.2, 0.25) is 0 Å². The van der Waals surface area contributed by atoms with Gasteiger partial charge in [-0.15, -0.1) is 24.8 Å². The van der Waals surface area contributed by atoms with Crippen molar-refractivity contribution in [3.8, 4) is 0 Å². The van der Waals surface area contributed by atoms with Crippen LogP contribution in [0, 0.1) is 11.8 Å². The smallest absolute Gasteiger partial charge is 0.240 e. The Balaban J connectivity index is 0.00000220. The molecule has 2 aliphatic heterocycles. The molecule has 1 unspecified atom stereocenters. The Morgan fingerprint density at radius 1 is 1.05 bits per heavy atom. The van der Waals surface area contributed by atoms with Gasteiger partial charge < -0.3 is 10.6 Å². The summed E-state index contributed by atoms with van der Waals surface area (Å²) in [5.41, 5.74) is 5.74. The van der Waals surface area contributed by atoms with Gasteiger partial charge in [0.15, 0.2) is 0 Å². The quantitative estimate of drug-likeness (QED) is 0.844. The number of amides is 1. The maximum atomic E-state index is 12.9. The van der Waals surface area contributed by atoms with E-state index in [1.165, 1.54) is 19.3 Å². The van der Waals surface area contributed by atoms with Crippen LogP contribution in [0.5, 0.6) is 0 Å². The van der Waals surface area contributed by atoms with Gasteiger partial charge in [0.05, 0.1) is 6.04 Å². The first-order valence-electron chi connectivity index (χ1n) is 8.36. The molecule has 22 heavy (non-hydrogen) atoms. The van der Waals surface area contributed by atoms with Gasteiger partial charge in [0.1, 0.15) is 0 Å². The maximum Gasteiger partial charge on any atom is 0.240 e. The van der Waals surface area contributed by atoms with Crippen molar-refractivity contribution in [3.63, 3.8) is 0 Å². The number of carbonyl (C=O) groups is 1. The van der Waals surface area contributed by atoms with Crippen LogP contribution in [-0.2, 0) is 4.79 Å².